The minimum absolute atomic E-state index is 0.152. The average Bonchev–Trinajstić information content (AvgIpc) is 2.86. The minimum atomic E-state index is -0.465. The van der Waals surface area contributed by atoms with Crippen LogP contribution in [0, 0.1) is 18.2 Å². The van der Waals surface area contributed by atoms with Crippen LogP contribution in [0.25, 0.3) is 11.4 Å². The van der Waals surface area contributed by atoms with Crippen LogP contribution in [0.1, 0.15) is 6.92 Å². The molecule has 1 unspecified atom stereocenters. The number of benzene rings is 1. The average molecular weight is 319 g/mol. The smallest absolute Gasteiger partial charge is 0.234 e. The third-order valence-corrected chi connectivity index (χ3v) is 3.85. The number of aromatic nitrogens is 3. The van der Waals surface area contributed by atoms with E-state index in [1.165, 1.54) is 6.07 Å². The number of nitrogens with one attached hydrogen (secondary N) is 1. The van der Waals surface area contributed by atoms with Crippen molar-refractivity contribution in [3.63, 3.8) is 0 Å². The van der Waals surface area contributed by atoms with E-state index in [9.17, 15) is 9.18 Å². The van der Waals surface area contributed by atoms with Crippen molar-refractivity contribution >= 4 is 17.7 Å². The fourth-order valence-electron chi connectivity index (χ4n) is 1.68. The van der Waals surface area contributed by atoms with Crippen molar-refractivity contribution in [2.45, 2.75) is 17.3 Å². The van der Waals surface area contributed by atoms with Gasteiger partial charge in [-0.15, -0.1) is 16.6 Å². The van der Waals surface area contributed by atoms with Gasteiger partial charge in [0.15, 0.2) is 5.82 Å². The fraction of sp³-hybridized carbons (Fsp3) is 0.214. The largest absolute Gasteiger partial charge is 0.344 e. The summed E-state index contributed by atoms with van der Waals surface area (Å²) < 4.78 is 14.9. The monoisotopic (exact) mass is 319 g/mol. The van der Waals surface area contributed by atoms with E-state index in [0.29, 0.717) is 5.16 Å². The Morgan fingerprint density at radius 1 is 1.55 bits per heavy atom. The zero-order chi connectivity index (χ0) is 16.1. The van der Waals surface area contributed by atoms with Gasteiger partial charge >= 0.3 is 0 Å². The van der Waals surface area contributed by atoms with E-state index in [-0.39, 0.29) is 23.8 Å². The van der Waals surface area contributed by atoms with Gasteiger partial charge in [0.2, 0.25) is 11.1 Å². The van der Waals surface area contributed by atoms with E-state index in [2.05, 4.69) is 21.4 Å². The number of carbonyl (C=O) groups is 1. The summed E-state index contributed by atoms with van der Waals surface area (Å²) in [6.45, 7) is 1.84. The van der Waals surface area contributed by atoms with Crippen LogP contribution in [-0.4, -0.2) is 32.6 Å². The van der Waals surface area contributed by atoms with Gasteiger partial charge in [-0.2, -0.15) is 0 Å². The highest BCUT2D eigenvalue weighted by Gasteiger charge is 2.20. The van der Waals surface area contributed by atoms with E-state index in [1.54, 1.807) is 25.1 Å². The number of nitrogens with two attached hydrogens (primary N) is 1. The van der Waals surface area contributed by atoms with Gasteiger partial charge in [0.05, 0.1) is 17.4 Å². The van der Waals surface area contributed by atoms with Crippen LogP contribution < -0.4 is 11.2 Å². The highest BCUT2D eigenvalue weighted by molar-refractivity contribution is 8.00. The number of nitrogen functional groups attached to an aromatic ring is 1. The molecule has 2 rings (SSSR count). The number of nitrogens with zero attached hydrogens (tertiary/aromatic N) is 3. The molecule has 0 aliphatic carbocycles. The predicted octanol–water partition coefficient (Wildman–Crippen LogP) is 1.03. The van der Waals surface area contributed by atoms with Crippen molar-refractivity contribution in [3.8, 4) is 23.7 Å². The van der Waals surface area contributed by atoms with E-state index in [1.807, 2.05) is 0 Å². The molecule has 6 nitrogen and oxygen atoms in total. The minimum Gasteiger partial charge on any atom is -0.344 e. The molecule has 2 aromatic rings. The quantitative estimate of drug-likeness (QED) is 0.488. The van der Waals surface area contributed by atoms with Crippen molar-refractivity contribution in [2.75, 3.05) is 12.4 Å². The third-order valence-electron chi connectivity index (χ3n) is 2.80. The van der Waals surface area contributed by atoms with Crippen LogP contribution in [-0.2, 0) is 4.79 Å². The molecule has 0 radical (unpaired) electrons. The lowest BCUT2D eigenvalue weighted by atomic mass is 10.2. The summed E-state index contributed by atoms with van der Waals surface area (Å²) in [4.78, 5) is 11.8. The number of halogens is 1. The molecule has 0 aliphatic rings. The standard InChI is InChI=1S/C14H14FN5OS/c1-3-8-17-13(21)9(2)22-14-19-18-12(20(14)16)10-6-4-5-7-11(10)15/h1,4-7,9H,8,16H2,2H3,(H,17,21). The third kappa shape index (κ3) is 3.38. The lowest BCUT2D eigenvalue weighted by Gasteiger charge is -2.10. The van der Waals surface area contributed by atoms with Gasteiger partial charge in [-0.05, 0) is 19.1 Å². The second-order valence-electron chi connectivity index (χ2n) is 4.34. The van der Waals surface area contributed by atoms with E-state index < -0.39 is 11.1 Å². The Morgan fingerprint density at radius 2 is 2.27 bits per heavy atom. The highest BCUT2D eigenvalue weighted by Crippen LogP contribution is 2.25. The molecular formula is C14H14FN5OS. The Labute approximate surface area is 131 Å². The van der Waals surface area contributed by atoms with Crippen molar-refractivity contribution in [1.82, 2.24) is 20.2 Å². The maximum atomic E-state index is 13.8. The number of rotatable bonds is 5. The fourth-order valence-corrected chi connectivity index (χ4v) is 2.47. The molecule has 8 heteroatoms. The van der Waals surface area contributed by atoms with Crippen LogP contribution in [0.3, 0.4) is 0 Å². The van der Waals surface area contributed by atoms with Crippen LogP contribution in [0.2, 0.25) is 0 Å². The SMILES string of the molecule is C#CCNC(=O)C(C)Sc1nnc(-c2ccccc2F)n1N. The molecule has 1 aromatic carbocycles. The molecule has 0 spiro atoms. The Kier molecular flexibility index (Phi) is 5.01. The van der Waals surface area contributed by atoms with E-state index >= 15 is 0 Å². The van der Waals surface area contributed by atoms with Gasteiger partial charge in [0.25, 0.3) is 0 Å². The molecule has 0 aliphatic heterocycles. The Morgan fingerprint density at radius 3 is 2.95 bits per heavy atom. The Bertz CT molecular complexity index is 724. The van der Waals surface area contributed by atoms with Crippen molar-refractivity contribution in [2.24, 2.45) is 0 Å². The number of hydrogen-bond acceptors (Lipinski definition) is 5. The molecular weight excluding hydrogens is 305 g/mol. The summed E-state index contributed by atoms with van der Waals surface area (Å²) in [5.74, 6) is 7.72. The summed E-state index contributed by atoms with van der Waals surface area (Å²) in [7, 11) is 0. The van der Waals surface area contributed by atoms with E-state index in [0.717, 1.165) is 16.4 Å². The van der Waals surface area contributed by atoms with Crippen LogP contribution in [0.15, 0.2) is 29.4 Å². The van der Waals surface area contributed by atoms with Gasteiger partial charge in [-0.3, -0.25) is 4.79 Å². The highest BCUT2D eigenvalue weighted by atomic mass is 32.2. The molecule has 114 valence electrons. The Hall–Kier alpha value is -2.53. The van der Waals surface area contributed by atoms with E-state index in [4.69, 9.17) is 12.3 Å². The summed E-state index contributed by atoms with van der Waals surface area (Å²) in [5, 5.41) is 10.2. The van der Waals surface area contributed by atoms with Gasteiger partial charge in [-0.1, -0.05) is 29.8 Å². The lowest BCUT2D eigenvalue weighted by Crippen LogP contribution is -2.31. The molecule has 1 atom stereocenters. The molecule has 3 N–H and O–H groups in total. The van der Waals surface area contributed by atoms with Crippen molar-refractivity contribution in [1.29, 1.82) is 0 Å². The second kappa shape index (κ2) is 6.95. The molecule has 0 bridgehead atoms. The summed E-state index contributed by atoms with van der Waals surface area (Å²) >= 11 is 1.11. The zero-order valence-corrected chi connectivity index (χ0v) is 12.6. The maximum Gasteiger partial charge on any atom is 0.234 e. The van der Waals surface area contributed by atoms with Crippen LogP contribution in [0.4, 0.5) is 4.39 Å². The number of thioether (sulfide) groups is 1. The number of terminal acetylenes is 1. The predicted molar refractivity (Wildman–Crippen MR) is 82.7 cm³/mol. The molecule has 1 aromatic heterocycles. The summed E-state index contributed by atoms with van der Waals surface area (Å²) in [6, 6.07) is 6.12. The van der Waals surface area contributed by atoms with Gasteiger partial charge in [-0.25, -0.2) is 9.07 Å². The molecule has 0 fully saturated rings. The first-order valence-electron chi connectivity index (χ1n) is 6.37. The summed E-state index contributed by atoms with van der Waals surface area (Å²) in [5.41, 5.74) is 0.244. The van der Waals surface area contributed by atoms with Crippen LogP contribution >= 0.6 is 11.8 Å². The Balaban J connectivity index is 2.17. The van der Waals surface area contributed by atoms with Gasteiger partial charge in [0, 0.05) is 0 Å². The lowest BCUT2D eigenvalue weighted by molar-refractivity contribution is -0.120. The first-order chi connectivity index (χ1) is 10.5. The second-order valence-corrected chi connectivity index (χ2v) is 5.65. The molecule has 0 saturated heterocycles. The maximum absolute atomic E-state index is 13.8. The molecule has 1 amide bonds. The van der Waals surface area contributed by atoms with Crippen molar-refractivity contribution in [3.05, 3.63) is 30.1 Å². The topological polar surface area (TPSA) is 85.8 Å². The van der Waals surface area contributed by atoms with Crippen LogP contribution in [0.5, 0.6) is 0 Å². The molecule has 1 heterocycles. The normalized spacial score (nSPS) is 11.7. The van der Waals surface area contributed by atoms with Gasteiger partial charge in [0.1, 0.15) is 5.82 Å². The molecule has 0 saturated carbocycles. The first kappa shape index (κ1) is 15.9. The summed E-state index contributed by atoms with van der Waals surface area (Å²) in [6.07, 6.45) is 5.08. The van der Waals surface area contributed by atoms with Gasteiger partial charge < -0.3 is 11.2 Å². The molecule has 22 heavy (non-hydrogen) atoms. The zero-order valence-electron chi connectivity index (χ0n) is 11.8. The number of carbonyl (C=O) groups excluding carboxylic acids is 1. The number of hydrogen-bond donors (Lipinski definition) is 2. The van der Waals surface area contributed by atoms with Crippen molar-refractivity contribution < 1.29 is 9.18 Å². The number of amides is 1. The first-order valence-corrected chi connectivity index (χ1v) is 7.25.